The zero-order chi connectivity index (χ0) is 12.0. The lowest BCUT2D eigenvalue weighted by Crippen LogP contribution is -2.26. The first-order valence-electron chi connectivity index (χ1n) is 6.48. The second-order valence-electron chi connectivity index (χ2n) is 5.08. The quantitative estimate of drug-likeness (QED) is 0.736. The van der Waals surface area contributed by atoms with Gasteiger partial charge in [-0.25, -0.2) is 4.79 Å². The molecular formula is C13H24O3. The van der Waals surface area contributed by atoms with Gasteiger partial charge >= 0.3 is 5.97 Å². The predicted molar refractivity (Wildman–Crippen MR) is 63.0 cm³/mol. The van der Waals surface area contributed by atoms with Crippen LogP contribution in [-0.4, -0.2) is 23.3 Å². The molecule has 1 aliphatic carbocycles. The molecular weight excluding hydrogens is 204 g/mol. The largest absolute Gasteiger partial charge is 0.461 e. The van der Waals surface area contributed by atoms with Gasteiger partial charge in [-0.1, -0.05) is 32.1 Å². The number of ether oxygens (including phenoxy) is 1. The van der Waals surface area contributed by atoms with Crippen molar-refractivity contribution in [3.05, 3.63) is 0 Å². The summed E-state index contributed by atoms with van der Waals surface area (Å²) < 4.78 is 4.96. The molecule has 0 aromatic carbocycles. The first kappa shape index (κ1) is 13.5. The van der Waals surface area contributed by atoms with Crippen LogP contribution in [0.1, 0.15) is 58.8 Å². The molecule has 0 heterocycles. The molecule has 1 fully saturated rings. The normalized spacial score (nSPS) is 19.8. The van der Waals surface area contributed by atoms with Crippen LogP contribution in [0.3, 0.4) is 0 Å². The fourth-order valence-electron chi connectivity index (χ4n) is 2.30. The van der Waals surface area contributed by atoms with Crippen LogP contribution in [0, 0.1) is 5.92 Å². The third-order valence-electron chi connectivity index (χ3n) is 3.20. The zero-order valence-corrected chi connectivity index (χ0v) is 10.4. The van der Waals surface area contributed by atoms with Gasteiger partial charge in [-0.05, 0) is 32.6 Å². The number of esters is 1. The Labute approximate surface area is 98.2 Å². The van der Waals surface area contributed by atoms with Gasteiger partial charge in [0.2, 0.25) is 0 Å². The van der Waals surface area contributed by atoms with Gasteiger partial charge in [0, 0.05) is 0 Å². The van der Waals surface area contributed by atoms with Gasteiger partial charge in [0.15, 0.2) is 6.10 Å². The van der Waals surface area contributed by atoms with E-state index in [4.69, 9.17) is 4.74 Å². The Balaban J connectivity index is 2.17. The number of carbonyl (C=O) groups excluding carboxylic acids is 1. The molecule has 1 rings (SSSR count). The average Bonchev–Trinajstić information content (AvgIpc) is 2.26. The molecule has 3 heteroatoms. The minimum absolute atomic E-state index is 0.142. The zero-order valence-electron chi connectivity index (χ0n) is 10.4. The second kappa shape index (κ2) is 6.89. The average molecular weight is 228 g/mol. The Bertz CT molecular complexity index is 207. The van der Waals surface area contributed by atoms with E-state index in [1.807, 2.05) is 0 Å². The molecule has 0 radical (unpaired) electrons. The summed E-state index contributed by atoms with van der Waals surface area (Å²) in [7, 11) is 0. The van der Waals surface area contributed by atoms with Crippen molar-refractivity contribution in [2.24, 2.45) is 5.92 Å². The van der Waals surface area contributed by atoms with E-state index < -0.39 is 12.1 Å². The minimum Gasteiger partial charge on any atom is -0.461 e. The Morgan fingerprint density at radius 3 is 2.50 bits per heavy atom. The molecule has 16 heavy (non-hydrogen) atoms. The molecule has 0 spiro atoms. The van der Waals surface area contributed by atoms with Crippen LogP contribution < -0.4 is 0 Å². The van der Waals surface area contributed by atoms with Crippen molar-refractivity contribution in [2.45, 2.75) is 71.0 Å². The van der Waals surface area contributed by atoms with Crippen molar-refractivity contribution in [1.82, 2.24) is 0 Å². The molecule has 0 amide bonds. The summed E-state index contributed by atoms with van der Waals surface area (Å²) in [6, 6.07) is 0. The van der Waals surface area contributed by atoms with Crippen molar-refractivity contribution in [3.8, 4) is 0 Å². The van der Waals surface area contributed by atoms with Gasteiger partial charge in [-0.2, -0.15) is 0 Å². The summed E-state index contributed by atoms with van der Waals surface area (Å²) in [5.74, 6) is 0.237. The van der Waals surface area contributed by atoms with Crippen LogP contribution in [-0.2, 0) is 9.53 Å². The van der Waals surface area contributed by atoms with Crippen molar-refractivity contribution >= 4 is 5.97 Å². The molecule has 1 atom stereocenters. The summed E-state index contributed by atoms with van der Waals surface area (Å²) >= 11 is 0. The molecule has 1 unspecified atom stereocenters. The number of hydrogen-bond donors (Lipinski definition) is 1. The summed E-state index contributed by atoms with van der Waals surface area (Å²) in [5, 5.41) is 9.62. The molecule has 94 valence electrons. The molecule has 1 N–H and O–H groups in total. The third-order valence-corrected chi connectivity index (χ3v) is 3.20. The monoisotopic (exact) mass is 228 g/mol. The van der Waals surface area contributed by atoms with E-state index in [2.05, 4.69) is 0 Å². The highest BCUT2D eigenvalue weighted by atomic mass is 16.6. The Morgan fingerprint density at radius 1 is 1.31 bits per heavy atom. The number of rotatable bonds is 5. The lowest BCUT2D eigenvalue weighted by Gasteiger charge is -2.22. The smallest absolute Gasteiger partial charge is 0.335 e. The van der Waals surface area contributed by atoms with Gasteiger partial charge in [0.25, 0.3) is 0 Å². The standard InChI is InChI=1S/C13H24O3/c1-10(2)16-13(15)12(14)9-8-11-6-4-3-5-7-11/h10-12,14H,3-9H2,1-2H3. The number of aliphatic hydroxyl groups excluding tert-OH is 1. The first-order chi connectivity index (χ1) is 7.59. The Kier molecular flexibility index (Phi) is 5.81. The molecule has 0 aromatic rings. The van der Waals surface area contributed by atoms with Crippen molar-refractivity contribution < 1.29 is 14.6 Å². The van der Waals surface area contributed by atoms with Crippen LogP contribution in [0.5, 0.6) is 0 Å². The highest BCUT2D eigenvalue weighted by Crippen LogP contribution is 2.27. The van der Waals surface area contributed by atoms with Gasteiger partial charge in [0.05, 0.1) is 6.10 Å². The highest BCUT2D eigenvalue weighted by molar-refractivity contribution is 5.74. The molecule has 1 saturated carbocycles. The highest BCUT2D eigenvalue weighted by Gasteiger charge is 2.20. The fraction of sp³-hybridized carbons (Fsp3) is 0.923. The first-order valence-corrected chi connectivity index (χ1v) is 6.48. The number of carbonyl (C=O) groups is 1. The number of aliphatic hydroxyl groups is 1. The van der Waals surface area contributed by atoms with Crippen molar-refractivity contribution in [1.29, 1.82) is 0 Å². The van der Waals surface area contributed by atoms with Crippen LogP contribution in [0.4, 0.5) is 0 Å². The Morgan fingerprint density at radius 2 is 1.94 bits per heavy atom. The van der Waals surface area contributed by atoms with E-state index in [-0.39, 0.29) is 6.10 Å². The molecule has 3 nitrogen and oxygen atoms in total. The summed E-state index contributed by atoms with van der Waals surface area (Å²) in [6.07, 6.45) is 6.90. The van der Waals surface area contributed by atoms with E-state index in [0.29, 0.717) is 12.3 Å². The lowest BCUT2D eigenvalue weighted by atomic mass is 9.85. The Hall–Kier alpha value is -0.570. The predicted octanol–water partition coefficient (Wildman–Crippen LogP) is 2.66. The van der Waals surface area contributed by atoms with Crippen LogP contribution >= 0.6 is 0 Å². The molecule has 0 bridgehead atoms. The van der Waals surface area contributed by atoms with Gasteiger partial charge < -0.3 is 9.84 Å². The summed E-state index contributed by atoms with van der Waals surface area (Å²) in [5.41, 5.74) is 0. The van der Waals surface area contributed by atoms with E-state index in [1.165, 1.54) is 32.1 Å². The second-order valence-corrected chi connectivity index (χ2v) is 5.08. The molecule has 0 aromatic heterocycles. The maximum absolute atomic E-state index is 11.4. The van der Waals surface area contributed by atoms with Gasteiger partial charge in [-0.3, -0.25) is 0 Å². The van der Waals surface area contributed by atoms with E-state index in [1.54, 1.807) is 13.8 Å². The third kappa shape index (κ3) is 4.97. The van der Waals surface area contributed by atoms with Crippen LogP contribution in [0.25, 0.3) is 0 Å². The van der Waals surface area contributed by atoms with Crippen molar-refractivity contribution in [2.75, 3.05) is 0 Å². The maximum atomic E-state index is 11.4. The molecule has 0 aliphatic heterocycles. The topological polar surface area (TPSA) is 46.5 Å². The summed E-state index contributed by atoms with van der Waals surface area (Å²) in [6.45, 7) is 3.59. The number of hydrogen-bond acceptors (Lipinski definition) is 3. The fourth-order valence-corrected chi connectivity index (χ4v) is 2.30. The van der Waals surface area contributed by atoms with E-state index in [9.17, 15) is 9.90 Å². The SMILES string of the molecule is CC(C)OC(=O)C(O)CCC1CCCCC1. The van der Waals surface area contributed by atoms with Crippen LogP contribution in [0.2, 0.25) is 0 Å². The van der Waals surface area contributed by atoms with Gasteiger partial charge in [0.1, 0.15) is 0 Å². The lowest BCUT2D eigenvalue weighted by molar-refractivity contribution is -0.157. The van der Waals surface area contributed by atoms with E-state index in [0.717, 1.165) is 6.42 Å². The van der Waals surface area contributed by atoms with Gasteiger partial charge in [-0.15, -0.1) is 0 Å². The minimum atomic E-state index is -0.927. The maximum Gasteiger partial charge on any atom is 0.335 e. The van der Waals surface area contributed by atoms with E-state index >= 15 is 0 Å². The molecule has 1 aliphatic rings. The molecule has 0 saturated heterocycles. The summed E-state index contributed by atoms with van der Waals surface area (Å²) in [4.78, 5) is 11.4. The van der Waals surface area contributed by atoms with Crippen LogP contribution in [0.15, 0.2) is 0 Å². The van der Waals surface area contributed by atoms with Crippen molar-refractivity contribution in [3.63, 3.8) is 0 Å².